The van der Waals surface area contributed by atoms with Gasteiger partial charge in [0.15, 0.2) is 0 Å². The molecule has 1 saturated heterocycles. The molecule has 5 heteroatoms. The van der Waals surface area contributed by atoms with Crippen LogP contribution in [-0.4, -0.2) is 31.2 Å². The van der Waals surface area contributed by atoms with Crippen LogP contribution in [0.1, 0.15) is 41.6 Å². The predicted octanol–water partition coefficient (Wildman–Crippen LogP) is 4.04. The van der Waals surface area contributed by atoms with E-state index in [4.69, 9.17) is 10.7 Å². The number of para-hydroxylation sites is 1. The summed E-state index contributed by atoms with van der Waals surface area (Å²) < 4.78 is 0. The van der Waals surface area contributed by atoms with Crippen LogP contribution < -0.4 is 20.9 Å². The van der Waals surface area contributed by atoms with E-state index in [9.17, 15) is 0 Å². The minimum absolute atomic E-state index is 0.144. The highest BCUT2D eigenvalue weighted by atomic mass is 15.2. The van der Waals surface area contributed by atoms with Gasteiger partial charge in [0.05, 0.1) is 23.7 Å². The van der Waals surface area contributed by atoms with Gasteiger partial charge in [-0.3, -0.25) is 4.90 Å². The first-order valence-electron chi connectivity index (χ1n) is 12.0. The number of nitrogens with two attached hydrogens (primary N) is 1. The number of nitrogens with zero attached hydrogens (tertiary/aromatic N) is 3. The fraction of sp³-hybridized carbons (Fsp3) is 0.321. The van der Waals surface area contributed by atoms with Crippen molar-refractivity contribution < 1.29 is 0 Å². The summed E-state index contributed by atoms with van der Waals surface area (Å²) in [6.45, 7) is 4.75. The van der Waals surface area contributed by atoms with Gasteiger partial charge in [-0.05, 0) is 55.2 Å². The SMILES string of the molecule is NC1(c2ccc(C3=[C+]c4nc(N5CCNCC5)ccc4CN3c3ccccc3)cc2)CCC1. The number of benzene rings is 2. The van der Waals surface area contributed by atoms with Crippen LogP contribution in [0.5, 0.6) is 0 Å². The molecule has 5 nitrogen and oxygen atoms in total. The molecule has 3 aliphatic rings. The predicted molar refractivity (Wildman–Crippen MR) is 134 cm³/mol. The molecule has 0 unspecified atom stereocenters. The zero-order chi connectivity index (χ0) is 22.3. The molecule has 0 atom stereocenters. The van der Waals surface area contributed by atoms with Gasteiger partial charge in [-0.15, -0.1) is 0 Å². The van der Waals surface area contributed by atoms with Crippen molar-refractivity contribution in [2.45, 2.75) is 31.3 Å². The minimum atomic E-state index is -0.144. The molecule has 1 saturated carbocycles. The molecule has 0 spiro atoms. The largest absolute Gasteiger partial charge is 0.354 e. The van der Waals surface area contributed by atoms with E-state index < -0.39 is 0 Å². The first-order chi connectivity index (χ1) is 16.2. The topological polar surface area (TPSA) is 57.4 Å². The Labute approximate surface area is 195 Å². The third kappa shape index (κ3) is 3.79. The van der Waals surface area contributed by atoms with Crippen molar-refractivity contribution in [2.75, 3.05) is 36.0 Å². The summed E-state index contributed by atoms with van der Waals surface area (Å²) in [6.07, 6.45) is 7.05. The lowest BCUT2D eigenvalue weighted by atomic mass is 9.72. The summed E-state index contributed by atoms with van der Waals surface area (Å²) >= 11 is 0. The van der Waals surface area contributed by atoms with Crippen molar-refractivity contribution in [1.82, 2.24) is 10.3 Å². The summed E-state index contributed by atoms with van der Waals surface area (Å²) in [5.41, 5.74) is 13.2. The van der Waals surface area contributed by atoms with E-state index in [1.54, 1.807) is 0 Å². The van der Waals surface area contributed by atoms with Gasteiger partial charge in [0.1, 0.15) is 5.82 Å². The molecule has 1 aromatic heterocycles. The zero-order valence-electron chi connectivity index (χ0n) is 18.9. The molecular formula is C28H30N5+. The number of rotatable bonds is 4. The Morgan fingerprint density at radius 1 is 0.909 bits per heavy atom. The number of piperazine rings is 1. The molecule has 6 rings (SSSR count). The van der Waals surface area contributed by atoms with Crippen molar-refractivity contribution in [2.24, 2.45) is 5.73 Å². The lowest BCUT2D eigenvalue weighted by Gasteiger charge is -2.38. The van der Waals surface area contributed by atoms with Crippen molar-refractivity contribution >= 4 is 17.2 Å². The maximum atomic E-state index is 6.57. The van der Waals surface area contributed by atoms with Crippen LogP contribution in [0, 0.1) is 6.08 Å². The molecule has 3 aromatic rings. The van der Waals surface area contributed by atoms with Gasteiger partial charge in [-0.25, -0.2) is 0 Å². The van der Waals surface area contributed by atoms with Crippen LogP contribution in [0.25, 0.3) is 5.70 Å². The third-order valence-corrected chi connectivity index (χ3v) is 7.29. The summed E-state index contributed by atoms with van der Waals surface area (Å²) in [4.78, 5) is 9.73. The summed E-state index contributed by atoms with van der Waals surface area (Å²) in [7, 11) is 0. The molecule has 0 radical (unpaired) electrons. The van der Waals surface area contributed by atoms with Gasteiger partial charge >= 0.3 is 0 Å². The van der Waals surface area contributed by atoms with Crippen molar-refractivity contribution in [3.63, 3.8) is 0 Å². The van der Waals surface area contributed by atoms with Crippen LogP contribution >= 0.6 is 0 Å². The van der Waals surface area contributed by atoms with Gasteiger partial charge in [-0.2, -0.15) is 4.98 Å². The van der Waals surface area contributed by atoms with Gasteiger partial charge < -0.3 is 16.0 Å². The molecule has 33 heavy (non-hydrogen) atoms. The van der Waals surface area contributed by atoms with Gasteiger partial charge in [-0.1, -0.05) is 18.2 Å². The lowest BCUT2D eigenvalue weighted by molar-refractivity contribution is 0.253. The second kappa shape index (κ2) is 8.27. The Morgan fingerprint density at radius 2 is 1.67 bits per heavy atom. The number of hydrogen-bond acceptors (Lipinski definition) is 5. The maximum absolute atomic E-state index is 6.57. The highest BCUT2D eigenvalue weighted by molar-refractivity contribution is 5.81. The number of hydrogen-bond donors (Lipinski definition) is 2. The number of anilines is 2. The smallest absolute Gasteiger partial charge is 0.236 e. The van der Waals surface area contributed by atoms with E-state index in [0.717, 1.165) is 74.0 Å². The van der Waals surface area contributed by atoms with Crippen molar-refractivity contribution in [1.29, 1.82) is 0 Å². The Morgan fingerprint density at radius 3 is 2.36 bits per heavy atom. The van der Waals surface area contributed by atoms with Crippen LogP contribution in [0.2, 0.25) is 0 Å². The normalized spacial score (nSPS) is 19.2. The molecule has 2 aliphatic heterocycles. The van der Waals surface area contributed by atoms with E-state index in [1.807, 2.05) is 0 Å². The Hall–Kier alpha value is -3.24. The second-order valence-electron chi connectivity index (χ2n) is 9.40. The second-order valence-corrected chi connectivity index (χ2v) is 9.40. The Kier molecular flexibility index (Phi) is 5.11. The third-order valence-electron chi connectivity index (χ3n) is 7.29. The first kappa shape index (κ1) is 20.4. The Bertz CT molecular complexity index is 1160. The average Bonchev–Trinajstić information content (AvgIpc) is 2.87. The fourth-order valence-corrected chi connectivity index (χ4v) is 5.08. The zero-order valence-corrected chi connectivity index (χ0v) is 18.9. The quantitative estimate of drug-likeness (QED) is 0.605. The molecule has 166 valence electrons. The number of nitrogens with one attached hydrogen (secondary N) is 1. The maximum Gasteiger partial charge on any atom is 0.236 e. The molecule has 3 heterocycles. The fourth-order valence-electron chi connectivity index (χ4n) is 5.08. The summed E-state index contributed by atoms with van der Waals surface area (Å²) in [6, 6.07) is 23.7. The van der Waals surface area contributed by atoms with Crippen LogP contribution in [0.15, 0.2) is 66.7 Å². The lowest BCUT2D eigenvalue weighted by Crippen LogP contribution is -2.44. The van der Waals surface area contributed by atoms with Crippen LogP contribution in [0.4, 0.5) is 11.5 Å². The Balaban J connectivity index is 1.39. The molecule has 0 amide bonds. The summed E-state index contributed by atoms with van der Waals surface area (Å²) in [5.74, 6) is 1.04. The molecule has 3 N–H and O–H groups in total. The number of pyridine rings is 1. The summed E-state index contributed by atoms with van der Waals surface area (Å²) in [5, 5.41) is 3.42. The van der Waals surface area contributed by atoms with Crippen LogP contribution in [0.3, 0.4) is 0 Å². The molecule has 0 bridgehead atoms. The van der Waals surface area contributed by atoms with Crippen molar-refractivity contribution in [3.05, 3.63) is 95.2 Å². The van der Waals surface area contributed by atoms with Gasteiger partial charge in [0, 0.05) is 55.6 Å². The monoisotopic (exact) mass is 436 g/mol. The van der Waals surface area contributed by atoms with Gasteiger partial charge in [0.25, 0.3) is 0 Å². The molecular weight excluding hydrogens is 406 g/mol. The highest BCUT2D eigenvalue weighted by Gasteiger charge is 2.35. The van der Waals surface area contributed by atoms with Crippen LogP contribution in [-0.2, 0) is 12.1 Å². The van der Waals surface area contributed by atoms with E-state index >= 15 is 0 Å². The molecule has 1 aliphatic carbocycles. The van der Waals surface area contributed by atoms with E-state index in [-0.39, 0.29) is 5.54 Å². The highest BCUT2D eigenvalue weighted by Crippen LogP contribution is 2.40. The standard InChI is InChI=1S/C28H30N5/c29-28(13-4-14-28)23-10-7-21(8-11-23)26-19-25-22(20-33(26)24-5-2-1-3-6-24)9-12-27(31-25)32-17-15-30-16-18-32/h1-3,5-12,30H,4,13-18,20,29H2/q+1. The average molecular weight is 437 g/mol. The number of fused-ring (bicyclic) bond motifs is 1. The number of aromatic nitrogens is 1. The first-order valence-corrected chi connectivity index (χ1v) is 12.0. The molecule has 2 fully saturated rings. The minimum Gasteiger partial charge on any atom is -0.354 e. The van der Waals surface area contributed by atoms with Gasteiger partial charge in [0.2, 0.25) is 11.4 Å². The molecule has 2 aromatic carbocycles. The van der Waals surface area contributed by atoms with Crippen molar-refractivity contribution in [3.8, 4) is 0 Å². The van der Waals surface area contributed by atoms with E-state index in [1.165, 1.54) is 17.5 Å². The van der Waals surface area contributed by atoms with E-state index in [0.29, 0.717) is 0 Å². The van der Waals surface area contributed by atoms with E-state index in [2.05, 4.69) is 87.9 Å².